The smallest absolute Gasteiger partial charge is 0.411 e. The summed E-state index contributed by atoms with van der Waals surface area (Å²) in [4.78, 5) is 14.8. The van der Waals surface area contributed by atoms with Gasteiger partial charge < -0.3 is 9.16 Å². The van der Waals surface area contributed by atoms with Gasteiger partial charge in [0, 0.05) is 5.54 Å². The minimum Gasteiger partial charge on any atom is -0.444 e. The predicted molar refractivity (Wildman–Crippen MR) is 103 cm³/mol. The van der Waals surface area contributed by atoms with E-state index in [9.17, 15) is 4.79 Å². The summed E-state index contributed by atoms with van der Waals surface area (Å²) in [6.45, 7) is 21.9. The lowest BCUT2D eigenvalue weighted by Crippen LogP contribution is -2.59. The summed E-state index contributed by atoms with van der Waals surface area (Å²) in [5.74, 6) is 0. The maximum atomic E-state index is 12.8. The molecule has 1 aliphatic heterocycles. The molecule has 0 N–H and O–H groups in total. The Hall–Kier alpha value is -0.553. The first-order valence-corrected chi connectivity index (χ1v) is 12.1. The van der Waals surface area contributed by atoms with Crippen molar-refractivity contribution in [3.05, 3.63) is 0 Å². The van der Waals surface area contributed by atoms with Crippen LogP contribution in [0.1, 0.15) is 74.7 Å². The number of carbonyl (C=O) groups is 1. The van der Waals surface area contributed by atoms with E-state index in [0.717, 1.165) is 19.3 Å². The zero-order valence-corrected chi connectivity index (χ0v) is 18.6. The summed E-state index contributed by atoms with van der Waals surface area (Å²) in [7, 11) is -1.83. The number of likely N-dealkylation sites (tertiary alicyclic amines) is 1. The van der Waals surface area contributed by atoms with Crippen LogP contribution < -0.4 is 0 Å². The molecule has 0 bridgehead atoms. The quantitative estimate of drug-likeness (QED) is 0.619. The summed E-state index contributed by atoms with van der Waals surface area (Å²) < 4.78 is 12.1. The van der Waals surface area contributed by atoms with E-state index in [0.29, 0.717) is 6.61 Å². The molecule has 0 aromatic heterocycles. The highest BCUT2D eigenvalue weighted by molar-refractivity contribution is 6.74. The minimum absolute atomic E-state index is 0.0951. The predicted octanol–water partition coefficient (Wildman–Crippen LogP) is 5.58. The standard InChI is InChI=1S/C19H39NO3Si/c1-17(2,3)23-16(21)20-15(12-11-13-19(20,7)8)14-22-24(9,10)18(4,5)6/h15H,11-14H2,1-10H3/t15-/m0/s1. The highest BCUT2D eigenvalue weighted by Crippen LogP contribution is 2.38. The van der Waals surface area contributed by atoms with E-state index in [1.165, 1.54) is 0 Å². The van der Waals surface area contributed by atoms with Gasteiger partial charge in [0.1, 0.15) is 5.60 Å². The summed E-state index contributed by atoms with van der Waals surface area (Å²) in [6.07, 6.45) is 2.90. The first kappa shape index (κ1) is 21.5. The van der Waals surface area contributed by atoms with E-state index in [1.54, 1.807) is 0 Å². The molecular weight excluding hydrogens is 318 g/mol. The minimum atomic E-state index is -1.83. The maximum absolute atomic E-state index is 12.8. The largest absolute Gasteiger partial charge is 0.444 e. The van der Waals surface area contributed by atoms with Crippen LogP contribution in [0, 0.1) is 0 Å². The van der Waals surface area contributed by atoms with Crippen LogP contribution in [-0.2, 0) is 9.16 Å². The number of ether oxygens (including phenoxy) is 1. The molecule has 24 heavy (non-hydrogen) atoms. The molecule has 4 nitrogen and oxygen atoms in total. The SMILES string of the molecule is CC(C)(C)OC(=O)N1[C@H](CO[Si](C)(C)C(C)(C)C)CCCC1(C)C. The molecule has 1 aliphatic rings. The fourth-order valence-corrected chi connectivity index (χ4v) is 3.94. The topological polar surface area (TPSA) is 38.8 Å². The third-order valence-electron chi connectivity index (χ3n) is 5.38. The molecule has 142 valence electrons. The van der Waals surface area contributed by atoms with Crippen molar-refractivity contribution in [2.75, 3.05) is 6.61 Å². The van der Waals surface area contributed by atoms with Gasteiger partial charge >= 0.3 is 6.09 Å². The van der Waals surface area contributed by atoms with Gasteiger partial charge in [-0.1, -0.05) is 20.8 Å². The van der Waals surface area contributed by atoms with Crippen molar-refractivity contribution in [3.63, 3.8) is 0 Å². The van der Waals surface area contributed by atoms with Gasteiger partial charge in [0.05, 0.1) is 12.6 Å². The van der Waals surface area contributed by atoms with Crippen LogP contribution in [0.4, 0.5) is 4.79 Å². The van der Waals surface area contributed by atoms with Crippen molar-refractivity contribution < 1.29 is 14.0 Å². The van der Waals surface area contributed by atoms with Gasteiger partial charge in [0.15, 0.2) is 8.32 Å². The lowest BCUT2D eigenvalue weighted by atomic mass is 9.87. The average Bonchev–Trinajstić information content (AvgIpc) is 2.31. The number of amides is 1. The lowest BCUT2D eigenvalue weighted by molar-refractivity contribution is -0.0355. The molecule has 0 unspecified atom stereocenters. The fourth-order valence-electron chi connectivity index (χ4n) is 2.90. The molecule has 1 atom stereocenters. The van der Waals surface area contributed by atoms with Crippen molar-refractivity contribution in [2.24, 2.45) is 0 Å². The van der Waals surface area contributed by atoms with Gasteiger partial charge in [-0.2, -0.15) is 0 Å². The number of hydrogen-bond acceptors (Lipinski definition) is 3. The Morgan fingerprint density at radius 2 is 1.71 bits per heavy atom. The normalized spacial score (nSPS) is 22.4. The second-order valence-electron chi connectivity index (χ2n) is 10.3. The van der Waals surface area contributed by atoms with E-state index >= 15 is 0 Å². The van der Waals surface area contributed by atoms with E-state index in [-0.39, 0.29) is 22.7 Å². The number of nitrogens with zero attached hydrogens (tertiary/aromatic N) is 1. The van der Waals surface area contributed by atoms with Crippen molar-refractivity contribution >= 4 is 14.4 Å². The Kier molecular flexibility index (Phi) is 6.25. The molecule has 0 aliphatic carbocycles. The average molecular weight is 358 g/mol. The molecule has 0 aromatic carbocycles. The van der Waals surface area contributed by atoms with E-state index in [2.05, 4.69) is 47.7 Å². The van der Waals surface area contributed by atoms with Gasteiger partial charge in [-0.25, -0.2) is 4.79 Å². The van der Waals surface area contributed by atoms with Crippen LogP contribution in [0.3, 0.4) is 0 Å². The zero-order valence-electron chi connectivity index (χ0n) is 17.6. The first-order valence-electron chi connectivity index (χ1n) is 9.23. The van der Waals surface area contributed by atoms with Crippen LogP contribution >= 0.6 is 0 Å². The third-order valence-corrected chi connectivity index (χ3v) is 9.88. The summed E-state index contributed by atoms with van der Waals surface area (Å²) in [5.41, 5.74) is -0.669. The molecule has 0 aromatic rings. The second kappa shape index (κ2) is 6.98. The van der Waals surface area contributed by atoms with Gasteiger partial charge in [-0.3, -0.25) is 4.90 Å². The van der Waals surface area contributed by atoms with Gasteiger partial charge in [0.2, 0.25) is 0 Å². The molecule has 1 amide bonds. The van der Waals surface area contributed by atoms with Gasteiger partial charge in [0.25, 0.3) is 0 Å². The Labute approximate surface area is 150 Å². The highest BCUT2D eigenvalue weighted by atomic mass is 28.4. The maximum Gasteiger partial charge on any atom is 0.411 e. The first-order chi connectivity index (χ1) is 10.6. The van der Waals surface area contributed by atoms with E-state index in [1.807, 2.05) is 25.7 Å². The molecule has 1 rings (SSSR count). The number of piperidine rings is 1. The van der Waals surface area contributed by atoms with Crippen LogP contribution in [-0.4, -0.2) is 43.1 Å². The molecule has 1 fully saturated rings. The lowest BCUT2D eigenvalue weighted by Gasteiger charge is -2.48. The molecule has 0 spiro atoms. The third kappa shape index (κ3) is 5.48. The summed E-state index contributed by atoms with van der Waals surface area (Å²) in [6, 6.07) is 0.0951. The zero-order chi connectivity index (χ0) is 19.0. The highest BCUT2D eigenvalue weighted by Gasteiger charge is 2.44. The number of rotatable bonds is 3. The number of hydrogen-bond donors (Lipinski definition) is 0. The molecule has 1 saturated heterocycles. The number of carbonyl (C=O) groups excluding carboxylic acids is 1. The monoisotopic (exact) mass is 357 g/mol. The Morgan fingerprint density at radius 1 is 1.17 bits per heavy atom. The molecule has 1 heterocycles. The van der Waals surface area contributed by atoms with Gasteiger partial charge in [-0.05, 0) is 72.0 Å². The summed E-state index contributed by atoms with van der Waals surface area (Å²) in [5, 5.41) is 0.175. The van der Waals surface area contributed by atoms with Crippen molar-refractivity contribution in [1.29, 1.82) is 0 Å². The van der Waals surface area contributed by atoms with E-state index < -0.39 is 13.9 Å². The van der Waals surface area contributed by atoms with Crippen molar-refractivity contribution in [2.45, 2.75) is 110 Å². The molecule has 0 radical (unpaired) electrons. The molecule has 0 saturated carbocycles. The molecule has 5 heteroatoms. The van der Waals surface area contributed by atoms with Crippen LogP contribution in [0.25, 0.3) is 0 Å². The Morgan fingerprint density at radius 3 is 2.17 bits per heavy atom. The van der Waals surface area contributed by atoms with Crippen LogP contribution in [0.15, 0.2) is 0 Å². The van der Waals surface area contributed by atoms with Crippen molar-refractivity contribution in [3.8, 4) is 0 Å². The second-order valence-corrected chi connectivity index (χ2v) is 15.1. The fraction of sp³-hybridized carbons (Fsp3) is 0.947. The van der Waals surface area contributed by atoms with Gasteiger partial charge in [-0.15, -0.1) is 0 Å². The van der Waals surface area contributed by atoms with Crippen molar-refractivity contribution in [1.82, 2.24) is 4.90 Å². The summed E-state index contributed by atoms with van der Waals surface area (Å²) >= 11 is 0. The Balaban J connectivity index is 2.92. The van der Waals surface area contributed by atoms with E-state index in [4.69, 9.17) is 9.16 Å². The Bertz CT molecular complexity index is 447. The van der Waals surface area contributed by atoms with Crippen LogP contribution in [0.2, 0.25) is 18.1 Å². The molecular formula is C19H39NO3Si. The van der Waals surface area contributed by atoms with Crippen LogP contribution in [0.5, 0.6) is 0 Å².